The summed E-state index contributed by atoms with van der Waals surface area (Å²) in [5.41, 5.74) is 4.82. The van der Waals surface area contributed by atoms with E-state index in [1.54, 1.807) is 5.57 Å². The lowest BCUT2D eigenvalue weighted by Gasteiger charge is -2.44. The highest BCUT2D eigenvalue weighted by Gasteiger charge is 2.56. The third-order valence-corrected chi connectivity index (χ3v) is 6.36. The maximum atomic E-state index is 2.50. The van der Waals surface area contributed by atoms with Crippen LogP contribution in [0.3, 0.4) is 0 Å². The minimum Gasteiger partial charge on any atom is -0.0676 e. The molecule has 0 N–H and O–H groups in total. The molecule has 3 aliphatic rings. The SMILES string of the molecule is CC1=C2CCC(C)C23CCC(C3)C1(C)C. The van der Waals surface area contributed by atoms with Crippen molar-refractivity contribution in [2.75, 3.05) is 0 Å². The fourth-order valence-electron chi connectivity index (χ4n) is 4.85. The number of hydrogen-bond acceptors (Lipinski definition) is 0. The first-order chi connectivity index (χ1) is 6.98. The highest BCUT2D eigenvalue weighted by Crippen LogP contribution is 2.67. The second-order valence-corrected chi connectivity index (χ2v) is 6.86. The Kier molecular flexibility index (Phi) is 1.79. The van der Waals surface area contributed by atoms with Gasteiger partial charge in [0.05, 0.1) is 0 Å². The van der Waals surface area contributed by atoms with Gasteiger partial charge in [-0.1, -0.05) is 31.9 Å². The number of rotatable bonds is 0. The molecule has 0 radical (unpaired) electrons. The van der Waals surface area contributed by atoms with Crippen LogP contribution in [0.2, 0.25) is 0 Å². The van der Waals surface area contributed by atoms with Gasteiger partial charge in [0.1, 0.15) is 0 Å². The molecule has 3 rings (SSSR count). The number of hydrogen-bond donors (Lipinski definition) is 0. The van der Waals surface area contributed by atoms with E-state index in [2.05, 4.69) is 27.7 Å². The minimum atomic E-state index is 0.499. The molecule has 2 fully saturated rings. The molecule has 0 heteroatoms. The lowest BCUT2D eigenvalue weighted by atomic mass is 9.61. The molecule has 0 heterocycles. The van der Waals surface area contributed by atoms with Crippen LogP contribution >= 0.6 is 0 Å². The van der Waals surface area contributed by atoms with Crippen LogP contribution in [0.5, 0.6) is 0 Å². The lowest BCUT2D eigenvalue weighted by Crippen LogP contribution is -2.34. The molecule has 3 unspecified atom stereocenters. The van der Waals surface area contributed by atoms with E-state index in [-0.39, 0.29) is 0 Å². The maximum absolute atomic E-state index is 2.50. The highest BCUT2D eigenvalue weighted by molar-refractivity contribution is 5.36. The third kappa shape index (κ3) is 0.990. The Bertz CT molecular complexity index is 334. The molecule has 84 valence electrons. The van der Waals surface area contributed by atoms with Crippen LogP contribution in [0.25, 0.3) is 0 Å². The van der Waals surface area contributed by atoms with E-state index < -0.39 is 0 Å². The molecule has 0 aromatic heterocycles. The molecule has 3 atom stereocenters. The van der Waals surface area contributed by atoms with Gasteiger partial charge in [-0.25, -0.2) is 0 Å². The summed E-state index contributed by atoms with van der Waals surface area (Å²) in [5.74, 6) is 1.94. The Balaban J connectivity index is 2.18. The van der Waals surface area contributed by atoms with Gasteiger partial charge in [0.25, 0.3) is 0 Å². The third-order valence-electron chi connectivity index (χ3n) is 6.36. The van der Waals surface area contributed by atoms with Crippen LogP contribution in [-0.4, -0.2) is 0 Å². The number of fused-ring (bicyclic) bond motifs is 1. The average molecular weight is 204 g/mol. The first kappa shape index (κ1) is 9.93. The molecule has 3 aliphatic carbocycles. The molecule has 0 saturated heterocycles. The largest absolute Gasteiger partial charge is 0.0676 e. The summed E-state index contributed by atoms with van der Waals surface area (Å²) in [4.78, 5) is 0. The molecule has 2 saturated carbocycles. The second-order valence-electron chi connectivity index (χ2n) is 6.86. The smallest absolute Gasteiger partial charge is 0.00565 e. The Labute approximate surface area is 94.1 Å². The predicted octanol–water partition coefficient (Wildman–Crippen LogP) is 4.56. The second kappa shape index (κ2) is 2.70. The van der Waals surface area contributed by atoms with Gasteiger partial charge in [-0.15, -0.1) is 0 Å². The van der Waals surface area contributed by atoms with Gasteiger partial charge in [-0.3, -0.25) is 0 Å². The normalized spacial score (nSPS) is 47.2. The van der Waals surface area contributed by atoms with Crippen LogP contribution in [-0.2, 0) is 0 Å². The van der Waals surface area contributed by atoms with Gasteiger partial charge in [-0.05, 0) is 61.7 Å². The molecule has 15 heavy (non-hydrogen) atoms. The van der Waals surface area contributed by atoms with E-state index in [4.69, 9.17) is 0 Å². The molecular weight excluding hydrogens is 180 g/mol. The monoisotopic (exact) mass is 204 g/mol. The van der Waals surface area contributed by atoms with Crippen molar-refractivity contribution in [3.05, 3.63) is 11.1 Å². The summed E-state index contributed by atoms with van der Waals surface area (Å²) in [7, 11) is 0. The fraction of sp³-hybridized carbons (Fsp3) is 0.867. The van der Waals surface area contributed by atoms with Crippen LogP contribution < -0.4 is 0 Å². The van der Waals surface area contributed by atoms with Gasteiger partial charge in [0.2, 0.25) is 0 Å². The summed E-state index contributed by atoms with van der Waals surface area (Å²) in [6.07, 6.45) is 7.35. The van der Waals surface area contributed by atoms with Crippen molar-refractivity contribution in [1.29, 1.82) is 0 Å². The summed E-state index contributed by atoms with van der Waals surface area (Å²) in [5, 5.41) is 0. The van der Waals surface area contributed by atoms with Gasteiger partial charge >= 0.3 is 0 Å². The van der Waals surface area contributed by atoms with Gasteiger partial charge in [0.15, 0.2) is 0 Å². The topological polar surface area (TPSA) is 0 Å². The number of allylic oxidation sites excluding steroid dienone is 2. The summed E-state index contributed by atoms with van der Waals surface area (Å²) < 4.78 is 0. The van der Waals surface area contributed by atoms with E-state index in [9.17, 15) is 0 Å². The van der Waals surface area contributed by atoms with Crippen molar-refractivity contribution >= 4 is 0 Å². The van der Waals surface area contributed by atoms with E-state index in [1.165, 1.54) is 32.1 Å². The van der Waals surface area contributed by atoms with Crippen LogP contribution in [0, 0.1) is 22.7 Å². The molecule has 1 spiro atoms. The predicted molar refractivity (Wildman–Crippen MR) is 64.7 cm³/mol. The van der Waals surface area contributed by atoms with E-state index in [0.717, 1.165) is 11.8 Å². The standard InChI is InChI=1S/C15H24/c1-10-5-6-13-11(2)14(3,4)12-7-8-15(10,13)9-12/h10,12H,5-9H2,1-4H3. The summed E-state index contributed by atoms with van der Waals surface area (Å²) in [6, 6.07) is 0. The van der Waals surface area contributed by atoms with E-state index in [0.29, 0.717) is 10.8 Å². The Morgan fingerprint density at radius 1 is 1.20 bits per heavy atom. The Hall–Kier alpha value is -0.260. The fourth-order valence-corrected chi connectivity index (χ4v) is 4.85. The van der Waals surface area contributed by atoms with Crippen LogP contribution in [0.1, 0.15) is 59.8 Å². The summed E-state index contributed by atoms with van der Waals surface area (Å²) >= 11 is 0. The lowest BCUT2D eigenvalue weighted by molar-refractivity contribution is 0.183. The first-order valence-electron chi connectivity index (χ1n) is 6.69. The molecule has 2 bridgehead atoms. The average Bonchev–Trinajstić information content (AvgIpc) is 2.72. The zero-order valence-corrected chi connectivity index (χ0v) is 10.7. The maximum Gasteiger partial charge on any atom is -0.00565 e. The van der Waals surface area contributed by atoms with Gasteiger partial charge in [-0.2, -0.15) is 0 Å². The van der Waals surface area contributed by atoms with Crippen LogP contribution in [0.4, 0.5) is 0 Å². The van der Waals surface area contributed by atoms with Gasteiger partial charge < -0.3 is 0 Å². The molecule has 0 nitrogen and oxygen atoms in total. The van der Waals surface area contributed by atoms with E-state index in [1.807, 2.05) is 5.57 Å². The first-order valence-corrected chi connectivity index (χ1v) is 6.69. The van der Waals surface area contributed by atoms with Crippen molar-refractivity contribution in [1.82, 2.24) is 0 Å². The van der Waals surface area contributed by atoms with Crippen molar-refractivity contribution in [2.45, 2.75) is 59.8 Å². The molecule has 0 aromatic rings. The zero-order valence-electron chi connectivity index (χ0n) is 10.7. The molecular formula is C15H24. The van der Waals surface area contributed by atoms with Crippen molar-refractivity contribution in [2.24, 2.45) is 22.7 Å². The minimum absolute atomic E-state index is 0.499. The highest BCUT2D eigenvalue weighted by atomic mass is 14.6. The van der Waals surface area contributed by atoms with Crippen molar-refractivity contribution < 1.29 is 0 Å². The molecule has 0 aromatic carbocycles. The summed E-state index contributed by atoms with van der Waals surface area (Å²) in [6.45, 7) is 9.90. The molecule has 0 aliphatic heterocycles. The quantitative estimate of drug-likeness (QED) is 0.507. The Morgan fingerprint density at radius 2 is 1.93 bits per heavy atom. The van der Waals surface area contributed by atoms with E-state index >= 15 is 0 Å². The van der Waals surface area contributed by atoms with Crippen LogP contribution in [0.15, 0.2) is 11.1 Å². The van der Waals surface area contributed by atoms with Crippen molar-refractivity contribution in [3.8, 4) is 0 Å². The Morgan fingerprint density at radius 3 is 2.67 bits per heavy atom. The van der Waals surface area contributed by atoms with Crippen molar-refractivity contribution in [3.63, 3.8) is 0 Å². The zero-order chi connectivity index (χ0) is 10.8. The molecule has 0 amide bonds. The van der Waals surface area contributed by atoms with Gasteiger partial charge in [0, 0.05) is 0 Å².